The zero-order chi connectivity index (χ0) is 53.9. The molecule has 0 spiro atoms. The number of carboxylic acids is 2. The smallest absolute Gasteiger partial charge is 0.326 e. The number of hydrogen-bond donors (Lipinski definition) is 8. The first-order valence-corrected chi connectivity index (χ1v) is 25.2. The zero-order valence-electron chi connectivity index (χ0n) is 42.6. The highest BCUT2D eigenvalue weighted by Gasteiger charge is 2.28. The Labute approximate surface area is 433 Å². The molecular weight excluding hydrogens is 969 g/mol. The van der Waals surface area contributed by atoms with Gasteiger partial charge in [0.15, 0.2) is 6.23 Å². The number of hydrogen-bond acceptors (Lipinski definition) is 15. The fourth-order valence-corrected chi connectivity index (χ4v) is 6.90. The number of carboxylic acid groups (broad SMARTS) is 2. The number of benzene rings is 2. The van der Waals surface area contributed by atoms with Crippen LogP contribution in [0.2, 0.25) is 0 Å². The molecular formula is C51H78N6O17. The van der Waals surface area contributed by atoms with E-state index in [0.29, 0.717) is 98.5 Å². The van der Waals surface area contributed by atoms with Gasteiger partial charge in [-0.15, -0.1) is 0 Å². The summed E-state index contributed by atoms with van der Waals surface area (Å²) in [6.07, 6.45) is 1.55. The van der Waals surface area contributed by atoms with E-state index in [1.54, 1.807) is 0 Å². The van der Waals surface area contributed by atoms with Gasteiger partial charge in [-0.3, -0.25) is 28.8 Å². The van der Waals surface area contributed by atoms with Crippen LogP contribution in [0.4, 0.5) is 4.79 Å². The summed E-state index contributed by atoms with van der Waals surface area (Å²) in [5.41, 5.74) is 1.66. The summed E-state index contributed by atoms with van der Waals surface area (Å²) in [5, 5.41) is 34.0. The number of carbonyl (C=O) groups excluding carboxylic acids is 6. The lowest BCUT2D eigenvalue weighted by Crippen LogP contribution is -2.55. The number of unbranched alkanes of at least 4 members (excludes halogenated alkanes) is 4. The molecule has 0 radical (unpaired) electrons. The molecule has 23 heteroatoms. The van der Waals surface area contributed by atoms with Crippen LogP contribution in [0.25, 0.3) is 0 Å². The Morgan fingerprint density at radius 2 is 1.01 bits per heavy atom. The normalized spacial score (nSPS) is 12.6. The molecule has 0 saturated carbocycles. The summed E-state index contributed by atoms with van der Waals surface area (Å²) in [6, 6.07) is 14.2. The van der Waals surface area contributed by atoms with Gasteiger partial charge in [0.05, 0.1) is 79.1 Å². The minimum atomic E-state index is -1.45. The van der Waals surface area contributed by atoms with Crippen molar-refractivity contribution >= 4 is 48.1 Å². The second-order valence-electron chi connectivity index (χ2n) is 16.7. The summed E-state index contributed by atoms with van der Waals surface area (Å²) in [6.45, 7) is 7.80. The van der Waals surface area contributed by atoms with E-state index >= 15 is 0 Å². The third-order valence-corrected chi connectivity index (χ3v) is 10.8. The number of urea groups is 1. The molecule has 0 unspecified atom stereocenters. The lowest BCUT2D eigenvalue weighted by Gasteiger charge is -2.23. The van der Waals surface area contributed by atoms with Crippen molar-refractivity contribution in [3.8, 4) is 0 Å². The summed E-state index contributed by atoms with van der Waals surface area (Å²) >= 11 is 0. The van der Waals surface area contributed by atoms with Crippen LogP contribution >= 0.6 is 0 Å². The molecule has 0 bridgehead atoms. The summed E-state index contributed by atoms with van der Waals surface area (Å²) in [7, 11) is 0. The van der Waals surface area contributed by atoms with Crippen LogP contribution in [0.15, 0.2) is 60.7 Å². The van der Waals surface area contributed by atoms with Crippen LogP contribution in [0.1, 0.15) is 82.3 Å². The van der Waals surface area contributed by atoms with E-state index in [1.165, 1.54) is 0 Å². The first-order valence-electron chi connectivity index (χ1n) is 25.2. The van der Waals surface area contributed by atoms with Crippen LogP contribution < -0.4 is 31.9 Å². The Morgan fingerprint density at radius 1 is 0.500 bits per heavy atom. The molecule has 0 heterocycles. The number of rotatable bonds is 46. The SMILES string of the molecule is CCOCCOCCOCCOCCOCCOCCNC(=O)[C@H](Cc1ccccc1)NC(=O)[C@H](Cc1ccccc1)NC(=O)CCCCCCCNC(=O)CC[C@H](NC(=O)N[C@@H](CCC(=O)O)OC=O)C(=O)O. The molecule has 2 rings (SSSR count). The van der Waals surface area contributed by atoms with Gasteiger partial charge in [0.2, 0.25) is 23.6 Å². The van der Waals surface area contributed by atoms with E-state index in [9.17, 15) is 43.5 Å². The average Bonchev–Trinajstić information content (AvgIpc) is 3.38. The molecule has 0 aliphatic carbocycles. The lowest BCUT2D eigenvalue weighted by molar-refractivity contribution is -0.141. The number of nitrogens with one attached hydrogen (secondary N) is 6. The first-order chi connectivity index (χ1) is 35.9. The maximum Gasteiger partial charge on any atom is 0.326 e. The Kier molecular flexibility index (Phi) is 36.4. The predicted molar refractivity (Wildman–Crippen MR) is 269 cm³/mol. The van der Waals surface area contributed by atoms with Gasteiger partial charge in [-0.2, -0.15) is 0 Å². The summed E-state index contributed by atoms with van der Waals surface area (Å²) in [5.74, 6) is -4.24. The van der Waals surface area contributed by atoms with Crippen molar-refractivity contribution in [3.05, 3.63) is 71.8 Å². The maximum atomic E-state index is 13.9. The van der Waals surface area contributed by atoms with Crippen LogP contribution in [0.5, 0.6) is 0 Å². The van der Waals surface area contributed by atoms with Crippen LogP contribution in [-0.4, -0.2) is 175 Å². The molecule has 23 nitrogen and oxygen atoms in total. The van der Waals surface area contributed by atoms with Crippen molar-refractivity contribution in [2.24, 2.45) is 0 Å². The highest BCUT2D eigenvalue weighted by molar-refractivity contribution is 5.92. The molecule has 2 aromatic rings. The second kappa shape index (κ2) is 42.2. The van der Waals surface area contributed by atoms with Crippen LogP contribution in [-0.2, 0) is 79.6 Å². The van der Waals surface area contributed by atoms with Gasteiger partial charge in [-0.1, -0.05) is 79.9 Å². The van der Waals surface area contributed by atoms with Crippen molar-refractivity contribution < 1.29 is 81.7 Å². The molecule has 6 amide bonds. The Bertz CT molecular complexity index is 1880. The van der Waals surface area contributed by atoms with E-state index < -0.39 is 66.5 Å². The van der Waals surface area contributed by atoms with Gasteiger partial charge in [0, 0.05) is 51.8 Å². The largest absolute Gasteiger partial charge is 0.481 e. The highest BCUT2D eigenvalue weighted by Crippen LogP contribution is 2.10. The Morgan fingerprint density at radius 3 is 1.54 bits per heavy atom. The van der Waals surface area contributed by atoms with E-state index in [4.69, 9.17) is 33.5 Å². The number of carbonyl (C=O) groups is 8. The third kappa shape index (κ3) is 33.5. The number of ether oxygens (including phenoxy) is 7. The maximum absolute atomic E-state index is 13.9. The third-order valence-electron chi connectivity index (χ3n) is 10.8. The quantitative estimate of drug-likeness (QED) is 0.0267. The van der Waals surface area contributed by atoms with Crippen LogP contribution in [0.3, 0.4) is 0 Å². The minimum absolute atomic E-state index is 0.0250. The lowest BCUT2D eigenvalue weighted by atomic mass is 10.0. The molecule has 74 heavy (non-hydrogen) atoms. The molecule has 8 N–H and O–H groups in total. The van der Waals surface area contributed by atoms with Crippen molar-refractivity contribution in [1.29, 1.82) is 0 Å². The van der Waals surface area contributed by atoms with Gasteiger partial charge in [-0.05, 0) is 37.3 Å². The second-order valence-corrected chi connectivity index (χ2v) is 16.7. The van der Waals surface area contributed by atoms with Gasteiger partial charge in [0.1, 0.15) is 18.1 Å². The van der Waals surface area contributed by atoms with E-state index in [0.717, 1.165) is 24.0 Å². The average molecular weight is 1050 g/mol. The molecule has 0 aromatic heterocycles. The molecule has 4 atom stereocenters. The molecule has 414 valence electrons. The fraction of sp³-hybridized carbons (Fsp3) is 0.608. The van der Waals surface area contributed by atoms with Gasteiger partial charge in [0.25, 0.3) is 6.47 Å². The molecule has 0 saturated heterocycles. The topological polar surface area (TPSA) is 314 Å². The summed E-state index contributed by atoms with van der Waals surface area (Å²) in [4.78, 5) is 98.5. The van der Waals surface area contributed by atoms with E-state index in [1.807, 2.05) is 67.6 Å². The van der Waals surface area contributed by atoms with Gasteiger partial charge in [-0.25, -0.2) is 9.59 Å². The monoisotopic (exact) mass is 1050 g/mol. The standard InChI is InChI=1S/C51H78N6O17/c1-2-68-26-27-70-30-31-72-34-35-73-33-32-71-29-28-69-25-24-53-48(63)42(36-39-14-8-6-9-15-39)55-49(64)43(37-40-16-10-7-11-17-40)54-45(60)18-12-4-3-5-13-23-52-44(59)20-19-41(50(65)66)56-51(67)57-46(74-38-58)21-22-47(61)62/h6-11,14-17,38,41-43,46H,2-5,12-13,18-37H2,1H3,(H,52,59)(H,53,63)(H,54,60)(H,55,64)(H,61,62)(H,65,66)(H2,56,57,67)/t41-,42-,43-,46+/m0/s1. The number of amides is 6. The van der Waals surface area contributed by atoms with E-state index in [2.05, 4.69) is 36.6 Å². The Balaban J connectivity index is 1.74. The van der Waals surface area contributed by atoms with Gasteiger partial charge < -0.3 is 75.3 Å². The number of aliphatic carboxylic acids is 2. The van der Waals surface area contributed by atoms with Gasteiger partial charge >= 0.3 is 18.0 Å². The van der Waals surface area contributed by atoms with Crippen LogP contribution in [0, 0.1) is 0 Å². The van der Waals surface area contributed by atoms with Crippen molar-refractivity contribution in [2.75, 3.05) is 92.4 Å². The minimum Gasteiger partial charge on any atom is -0.481 e. The van der Waals surface area contributed by atoms with Crippen molar-refractivity contribution in [2.45, 2.75) is 108 Å². The molecule has 0 aliphatic rings. The molecule has 0 aliphatic heterocycles. The zero-order valence-corrected chi connectivity index (χ0v) is 42.6. The summed E-state index contributed by atoms with van der Waals surface area (Å²) < 4.78 is 37.4. The first kappa shape index (κ1) is 63.9. The van der Waals surface area contributed by atoms with Crippen molar-refractivity contribution in [1.82, 2.24) is 31.9 Å². The fourth-order valence-electron chi connectivity index (χ4n) is 6.90. The van der Waals surface area contributed by atoms with Crippen molar-refractivity contribution in [3.63, 3.8) is 0 Å². The molecule has 2 aromatic carbocycles. The Hall–Kier alpha value is -6.24. The molecule has 0 fully saturated rings. The van der Waals surface area contributed by atoms with E-state index in [-0.39, 0.29) is 64.1 Å². The predicted octanol–water partition coefficient (Wildman–Crippen LogP) is 2.03. The highest BCUT2D eigenvalue weighted by atomic mass is 16.6.